The Morgan fingerprint density at radius 1 is 0.880 bits per heavy atom. The Hall–Kier alpha value is -2.78. The largest absolute Gasteiger partial charge is 0.339 e. The van der Waals surface area contributed by atoms with Gasteiger partial charge in [0.15, 0.2) is 0 Å². The minimum Gasteiger partial charge on any atom is -0.339 e. The summed E-state index contributed by atoms with van der Waals surface area (Å²) in [6.45, 7) is 4.18. The summed E-state index contributed by atoms with van der Waals surface area (Å²) in [6, 6.07) is 22.2. The lowest BCUT2D eigenvalue weighted by Gasteiger charge is -2.12. The van der Waals surface area contributed by atoms with Crippen LogP contribution in [0.5, 0.6) is 0 Å². The summed E-state index contributed by atoms with van der Waals surface area (Å²) in [5.74, 6) is 0.963. The highest BCUT2D eigenvalue weighted by atomic mass is 35.5. The van der Waals surface area contributed by atoms with E-state index in [0.29, 0.717) is 0 Å². The van der Waals surface area contributed by atoms with Crippen molar-refractivity contribution in [1.29, 1.82) is 0 Å². The van der Waals surface area contributed by atoms with Gasteiger partial charge in [-0.2, -0.15) is 0 Å². The van der Waals surface area contributed by atoms with Gasteiger partial charge in [-0.15, -0.1) is 0 Å². The maximum absolute atomic E-state index is 6.05. The molecule has 4 heteroatoms. The van der Waals surface area contributed by atoms with E-state index in [9.17, 15) is 0 Å². The first-order valence-corrected chi connectivity index (χ1v) is 8.58. The van der Waals surface area contributed by atoms with Crippen LogP contribution < -0.4 is 5.32 Å². The molecule has 4 rings (SSSR count). The smallest absolute Gasteiger partial charge is 0.143 e. The van der Waals surface area contributed by atoms with Crippen molar-refractivity contribution in [3.8, 4) is 11.3 Å². The Labute approximate surface area is 151 Å². The van der Waals surface area contributed by atoms with E-state index in [-0.39, 0.29) is 0 Å². The zero-order chi connectivity index (χ0) is 17.4. The molecule has 0 radical (unpaired) electrons. The highest BCUT2D eigenvalue weighted by Gasteiger charge is 2.16. The molecule has 4 aromatic rings. The van der Waals surface area contributed by atoms with Gasteiger partial charge >= 0.3 is 0 Å². The third-order valence-electron chi connectivity index (χ3n) is 4.35. The van der Waals surface area contributed by atoms with Crippen molar-refractivity contribution in [3.05, 3.63) is 83.0 Å². The monoisotopic (exact) mass is 347 g/mol. The number of anilines is 2. The molecule has 0 atom stereocenters. The molecule has 0 aliphatic rings. The maximum atomic E-state index is 6.05. The zero-order valence-corrected chi connectivity index (χ0v) is 14.9. The number of para-hydroxylation sites is 1. The fourth-order valence-corrected chi connectivity index (χ4v) is 3.15. The highest BCUT2D eigenvalue weighted by Crippen LogP contribution is 2.33. The van der Waals surface area contributed by atoms with Gasteiger partial charge in [0.25, 0.3) is 0 Å². The van der Waals surface area contributed by atoms with Gasteiger partial charge in [0.05, 0.1) is 0 Å². The molecule has 0 unspecified atom stereocenters. The summed E-state index contributed by atoms with van der Waals surface area (Å²) >= 11 is 6.05. The van der Waals surface area contributed by atoms with E-state index in [1.807, 2.05) is 48.5 Å². The number of imidazole rings is 1. The van der Waals surface area contributed by atoms with E-state index in [2.05, 4.69) is 41.8 Å². The second-order valence-electron chi connectivity index (χ2n) is 6.12. The molecular weight excluding hydrogens is 330 g/mol. The Morgan fingerprint density at radius 2 is 1.64 bits per heavy atom. The van der Waals surface area contributed by atoms with Gasteiger partial charge in [-0.3, -0.25) is 4.40 Å². The molecule has 0 aliphatic carbocycles. The molecule has 0 amide bonds. The average Bonchev–Trinajstić information content (AvgIpc) is 2.97. The first kappa shape index (κ1) is 15.7. The predicted molar refractivity (Wildman–Crippen MR) is 105 cm³/mol. The van der Waals surface area contributed by atoms with Crippen molar-refractivity contribution in [1.82, 2.24) is 9.38 Å². The number of nitrogens with one attached hydrogen (secondary N) is 1. The molecule has 0 aliphatic heterocycles. The molecule has 0 spiro atoms. The fraction of sp³-hybridized carbons (Fsp3) is 0.0952. The summed E-state index contributed by atoms with van der Waals surface area (Å²) < 4.78 is 2.15. The van der Waals surface area contributed by atoms with Crippen LogP contribution in [0, 0.1) is 13.8 Å². The van der Waals surface area contributed by atoms with E-state index in [1.54, 1.807) is 0 Å². The quantitative estimate of drug-likeness (QED) is 0.491. The summed E-state index contributed by atoms with van der Waals surface area (Å²) in [7, 11) is 0. The van der Waals surface area contributed by atoms with Crippen LogP contribution in [0.4, 0.5) is 11.5 Å². The SMILES string of the molecule is Cc1ccccc1Nc1c(-c2ccc(Cl)cc2)nc2cccc(C)n12. The number of hydrogen-bond donors (Lipinski definition) is 1. The van der Waals surface area contributed by atoms with E-state index >= 15 is 0 Å². The first-order valence-electron chi connectivity index (χ1n) is 8.20. The number of aromatic nitrogens is 2. The molecule has 124 valence electrons. The van der Waals surface area contributed by atoms with Gasteiger partial charge < -0.3 is 5.32 Å². The molecule has 0 saturated carbocycles. The van der Waals surface area contributed by atoms with Crippen molar-refractivity contribution < 1.29 is 0 Å². The molecule has 2 aromatic heterocycles. The van der Waals surface area contributed by atoms with Crippen molar-refractivity contribution in [2.75, 3.05) is 5.32 Å². The van der Waals surface area contributed by atoms with Crippen LogP contribution >= 0.6 is 11.6 Å². The van der Waals surface area contributed by atoms with Crippen molar-refractivity contribution in [2.24, 2.45) is 0 Å². The standard InChI is InChI=1S/C21H18ClN3/c1-14-6-3-4-8-18(14)23-21-20(16-10-12-17(22)13-11-16)24-19-9-5-7-15(2)25(19)21/h3-13,23H,1-2H3. The fourth-order valence-electron chi connectivity index (χ4n) is 3.02. The number of aryl methyl sites for hydroxylation is 2. The Balaban J connectivity index is 1.95. The van der Waals surface area contributed by atoms with Crippen LogP contribution in [0.2, 0.25) is 5.02 Å². The third-order valence-corrected chi connectivity index (χ3v) is 4.61. The summed E-state index contributed by atoms with van der Waals surface area (Å²) in [6.07, 6.45) is 0. The second kappa shape index (κ2) is 6.26. The van der Waals surface area contributed by atoms with Gasteiger partial charge in [0, 0.05) is 22.0 Å². The Kier molecular flexibility index (Phi) is 3.94. The maximum Gasteiger partial charge on any atom is 0.143 e. The van der Waals surface area contributed by atoms with Crippen LogP contribution in [0.15, 0.2) is 66.7 Å². The van der Waals surface area contributed by atoms with Crippen LogP contribution in [-0.2, 0) is 0 Å². The van der Waals surface area contributed by atoms with Gasteiger partial charge in [0.2, 0.25) is 0 Å². The summed E-state index contributed by atoms with van der Waals surface area (Å²) in [4.78, 5) is 4.86. The normalized spacial score (nSPS) is 11.0. The number of benzene rings is 2. The van der Waals surface area contributed by atoms with Gasteiger partial charge in [-0.05, 0) is 49.7 Å². The molecule has 25 heavy (non-hydrogen) atoms. The number of rotatable bonds is 3. The first-order chi connectivity index (χ1) is 12.1. The minimum absolute atomic E-state index is 0.720. The van der Waals surface area contributed by atoms with Crippen molar-refractivity contribution in [2.45, 2.75) is 13.8 Å². The molecule has 0 fully saturated rings. The summed E-state index contributed by atoms with van der Waals surface area (Å²) in [5.41, 5.74) is 6.25. The lowest BCUT2D eigenvalue weighted by molar-refractivity contribution is 1.09. The predicted octanol–water partition coefficient (Wildman–Crippen LogP) is 6.02. The van der Waals surface area contributed by atoms with E-state index < -0.39 is 0 Å². The molecule has 2 aromatic carbocycles. The molecular formula is C21H18ClN3. The minimum atomic E-state index is 0.720. The highest BCUT2D eigenvalue weighted by molar-refractivity contribution is 6.30. The molecule has 3 nitrogen and oxygen atoms in total. The van der Waals surface area contributed by atoms with Crippen LogP contribution in [0.1, 0.15) is 11.3 Å². The van der Waals surface area contributed by atoms with E-state index in [4.69, 9.17) is 16.6 Å². The Bertz CT molecular complexity index is 1050. The molecule has 1 N–H and O–H groups in total. The lowest BCUT2D eigenvalue weighted by atomic mass is 10.1. The number of nitrogens with zero attached hydrogens (tertiary/aromatic N) is 2. The van der Waals surface area contributed by atoms with Crippen LogP contribution in [-0.4, -0.2) is 9.38 Å². The number of halogens is 1. The van der Waals surface area contributed by atoms with Gasteiger partial charge in [0.1, 0.15) is 17.2 Å². The van der Waals surface area contributed by atoms with Gasteiger partial charge in [-0.25, -0.2) is 4.98 Å². The lowest BCUT2D eigenvalue weighted by Crippen LogP contribution is -2.00. The van der Waals surface area contributed by atoms with E-state index in [0.717, 1.165) is 39.1 Å². The molecule has 0 saturated heterocycles. The van der Waals surface area contributed by atoms with Gasteiger partial charge in [-0.1, -0.05) is 48.0 Å². The zero-order valence-electron chi connectivity index (χ0n) is 14.1. The van der Waals surface area contributed by atoms with Crippen molar-refractivity contribution in [3.63, 3.8) is 0 Å². The van der Waals surface area contributed by atoms with Crippen LogP contribution in [0.3, 0.4) is 0 Å². The van der Waals surface area contributed by atoms with E-state index in [1.165, 1.54) is 5.56 Å². The molecule has 2 heterocycles. The number of hydrogen-bond acceptors (Lipinski definition) is 2. The average molecular weight is 348 g/mol. The summed E-state index contributed by atoms with van der Waals surface area (Å²) in [5, 5.41) is 4.30. The number of pyridine rings is 1. The third kappa shape index (κ3) is 2.87. The second-order valence-corrected chi connectivity index (χ2v) is 6.55. The Morgan fingerprint density at radius 3 is 2.40 bits per heavy atom. The number of fused-ring (bicyclic) bond motifs is 1. The molecule has 0 bridgehead atoms. The van der Waals surface area contributed by atoms with Crippen LogP contribution in [0.25, 0.3) is 16.9 Å². The van der Waals surface area contributed by atoms with Crippen molar-refractivity contribution >= 4 is 28.8 Å². The topological polar surface area (TPSA) is 29.3 Å².